The van der Waals surface area contributed by atoms with Crippen molar-refractivity contribution in [2.24, 2.45) is 0 Å². The molecule has 9 heteroatoms. The van der Waals surface area contributed by atoms with Gasteiger partial charge in [-0.1, -0.05) is 6.07 Å². The van der Waals surface area contributed by atoms with Crippen molar-refractivity contribution in [2.75, 3.05) is 11.5 Å². The molecule has 114 valence electrons. The summed E-state index contributed by atoms with van der Waals surface area (Å²) in [4.78, 5) is 33.2. The highest BCUT2D eigenvalue weighted by atomic mass is 32.1. The predicted molar refractivity (Wildman–Crippen MR) is 81.3 cm³/mol. The van der Waals surface area contributed by atoms with Gasteiger partial charge >= 0.3 is 17.6 Å². The maximum atomic E-state index is 11.4. The number of nitro groups is 1. The van der Waals surface area contributed by atoms with Crippen molar-refractivity contribution in [2.45, 2.75) is 12.8 Å². The van der Waals surface area contributed by atoms with Gasteiger partial charge in [0.15, 0.2) is 0 Å². The second-order valence-corrected chi connectivity index (χ2v) is 4.65. The van der Waals surface area contributed by atoms with E-state index in [1.54, 1.807) is 0 Å². The zero-order valence-corrected chi connectivity index (χ0v) is 12.6. The molecular weight excluding hydrogens is 318 g/mol. The van der Waals surface area contributed by atoms with Gasteiger partial charge in [0.2, 0.25) is 11.5 Å². The van der Waals surface area contributed by atoms with E-state index in [1.165, 1.54) is 18.2 Å². The van der Waals surface area contributed by atoms with Gasteiger partial charge in [0.25, 0.3) is 0 Å². The molecular formula is C12H13NO6S2. The van der Waals surface area contributed by atoms with Crippen molar-refractivity contribution in [3.63, 3.8) is 0 Å². The fraction of sp³-hybridized carbons (Fsp3) is 0.333. The molecule has 21 heavy (non-hydrogen) atoms. The van der Waals surface area contributed by atoms with Crippen LogP contribution in [0.15, 0.2) is 18.2 Å². The first kappa shape index (κ1) is 17.3. The number of nitro benzene ring substituents is 1. The fourth-order valence-electron chi connectivity index (χ4n) is 1.38. The third-order valence-corrected chi connectivity index (χ3v) is 2.67. The van der Waals surface area contributed by atoms with Crippen LogP contribution < -0.4 is 9.47 Å². The van der Waals surface area contributed by atoms with Gasteiger partial charge in [0, 0.05) is 11.5 Å². The Kier molecular flexibility index (Phi) is 7.03. The van der Waals surface area contributed by atoms with Crippen LogP contribution in [0.2, 0.25) is 0 Å². The highest BCUT2D eigenvalue weighted by Crippen LogP contribution is 2.37. The minimum Gasteiger partial charge on any atom is -0.419 e. The summed E-state index contributed by atoms with van der Waals surface area (Å²) in [6.45, 7) is 0. The number of hydrogen-bond acceptors (Lipinski definition) is 8. The number of nitrogens with zero attached hydrogens (tertiary/aromatic N) is 1. The van der Waals surface area contributed by atoms with Crippen LogP contribution in [0.25, 0.3) is 0 Å². The Morgan fingerprint density at radius 2 is 1.48 bits per heavy atom. The van der Waals surface area contributed by atoms with Gasteiger partial charge in [0.1, 0.15) is 0 Å². The van der Waals surface area contributed by atoms with Gasteiger partial charge in [-0.05, 0) is 12.1 Å². The first-order valence-electron chi connectivity index (χ1n) is 5.90. The van der Waals surface area contributed by atoms with E-state index in [4.69, 9.17) is 9.47 Å². The minimum absolute atomic E-state index is 0.00390. The molecule has 0 saturated heterocycles. The van der Waals surface area contributed by atoms with Gasteiger partial charge < -0.3 is 9.47 Å². The molecule has 1 rings (SSSR count). The van der Waals surface area contributed by atoms with E-state index in [9.17, 15) is 19.7 Å². The van der Waals surface area contributed by atoms with E-state index in [0.717, 1.165) is 0 Å². The number of thiol groups is 2. The molecule has 0 atom stereocenters. The first-order valence-corrected chi connectivity index (χ1v) is 7.16. The molecule has 1 aromatic rings. The van der Waals surface area contributed by atoms with Gasteiger partial charge in [-0.25, -0.2) is 0 Å². The first-order chi connectivity index (χ1) is 9.99. The van der Waals surface area contributed by atoms with Crippen LogP contribution in [0.1, 0.15) is 12.8 Å². The SMILES string of the molecule is O=C(CCS)Oc1cccc(OC(=O)CCS)c1[N+](=O)[O-]. The number of ether oxygens (including phenoxy) is 2. The number of carbonyl (C=O) groups is 2. The summed E-state index contributed by atoms with van der Waals surface area (Å²) in [6.07, 6.45) is 0.00780. The average Bonchev–Trinajstić information content (AvgIpc) is 2.38. The van der Waals surface area contributed by atoms with Crippen LogP contribution in [-0.2, 0) is 9.59 Å². The van der Waals surface area contributed by atoms with Gasteiger partial charge in [-0.15, -0.1) is 0 Å². The highest BCUT2D eigenvalue weighted by Gasteiger charge is 2.25. The summed E-state index contributed by atoms with van der Waals surface area (Å²) in [5.74, 6) is -1.36. The van der Waals surface area contributed by atoms with Gasteiger partial charge in [0.05, 0.1) is 17.8 Å². The number of hydrogen-bond donors (Lipinski definition) is 2. The molecule has 0 unspecified atom stereocenters. The molecule has 0 radical (unpaired) electrons. The second kappa shape index (κ2) is 8.53. The monoisotopic (exact) mass is 331 g/mol. The Hall–Kier alpha value is -1.74. The molecule has 0 aliphatic rings. The maximum absolute atomic E-state index is 11.4. The molecule has 0 spiro atoms. The molecule has 0 fully saturated rings. The molecule has 0 aliphatic heterocycles. The zero-order valence-electron chi connectivity index (χ0n) is 10.9. The Balaban J connectivity index is 3.06. The highest BCUT2D eigenvalue weighted by molar-refractivity contribution is 7.80. The molecule has 0 aromatic heterocycles. The van der Waals surface area contributed by atoms with Crippen LogP contribution in [0.3, 0.4) is 0 Å². The molecule has 0 N–H and O–H groups in total. The van der Waals surface area contributed by atoms with Crippen LogP contribution in [-0.4, -0.2) is 28.4 Å². The topological polar surface area (TPSA) is 95.7 Å². The number of esters is 2. The summed E-state index contributed by atoms with van der Waals surface area (Å²) in [7, 11) is 0. The smallest absolute Gasteiger partial charge is 0.353 e. The Labute approximate surface area is 131 Å². The average molecular weight is 331 g/mol. The molecule has 0 amide bonds. The van der Waals surface area contributed by atoms with E-state index in [2.05, 4.69) is 25.3 Å². The van der Waals surface area contributed by atoms with Crippen molar-refractivity contribution in [3.8, 4) is 11.5 Å². The molecule has 7 nitrogen and oxygen atoms in total. The molecule has 0 bridgehead atoms. The fourth-order valence-corrected chi connectivity index (χ4v) is 1.74. The van der Waals surface area contributed by atoms with Crippen molar-refractivity contribution in [3.05, 3.63) is 28.3 Å². The van der Waals surface area contributed by atoms with E-state index >= 15 is 0 Å². The van der Waals surface area contributed by atoms with Crippen molar-refractivity contribution in [1.29, 1.82) is 0 Å². The lowest BCUT2D eigenvalue weighted by Crippen LogP contribution is -2.12. The van der Waals surface area contributed by atoms with Gasteiger partial charge in [-0.3, -0.25) is 19.7 Å². The third kappa shape index (κ3) is 5.27. The van der Waals surface area contributed by atoms with E-state index in [0.29, 0.717) is 0 Å². The van der Waals surface area contributed by atoms with Crippen molar-refractivity contribution < 1.29 is 24.0 Å². The largest absolute Gasteiger partial charge is 0.419 e. The van der Waals surface area contributed by atoms with Crippen LogP contribution in [0, 0.1) is 10.1 Å². The second-order valence-electron chi connectivity index (χ2n) is 3.76. The summed E-state index contributed by atoms with van der Waals surface area (Å²) in [5.41, 5.74) is -0.572. The van der Waals surface area contributed by atoms with E-state index in [-0.39, 0.29) is 35.8 Å². The van der Waals surface area contributed by atoms with Crippen LogP contribution in [0.5, 0.6) is 11.5 Å². The minimum atomic E-state index is -0.771. The third-order valence-electron chi connectivity index (χ3n) is 2.22. The zero-order chi connectivity index (χ0) is 15.8. The van der Waals surface area contributed by atoms with Crippen LogP contribution in [0.4, 0.5) is 5.69 Å². The standard InChI is InChI=1S/C12H13NO6S2/c14-10(4-6-20)18-8-2-1-3-9(12(8)13(16)17)19-11(15)5-7-21/h1-3,20-21H,4-7H2. The summed E-state index contributed by atoms with van der Waals surface area (Å²) >= 11 is 7.74. The predicted octanol–water partition coefficient (Wildman–Crippen LogP) is 2.05. The van der Waals surface area contributed by atoms with E-state index < -0.39 is 22.5 Å². The molecule has 0 heterocycles. The van der Waals surface area contributed by atoms with Crippen molar-refractivity contribution in [1.82, 2.24) is 0 Å². The summed E-state index contributed by atoms with van der Waals surface area (Å²) in [6, 6.07) is 3.90. The Morgan fingerprint density at radius 1 is 1.05 bits per heavy atom. The summed E-state index contributed by atoms with van der Waals surface area (Å²) < 4.78 is 9.79. The molecule has 1 aromatic carbocycles. The lowest BCUT2D eigenvalue weighted by molar-refractivity contribution is -0.386. The number of para-hydroxylation sites is 1. The lowest BCUT2D eigenvalue weighted by atomic mass is 10.2. The lowest BCUT2D eigenvalue weighted by Gasteiger charge is -2.08. The van der Waals surface area contributed by atoms with Crippen molar-refractivity contribution >= 4 is 42.9 Å². The number of rotatable bonds is 7. The molecule has 0 saturated carbocycles. The Bertz CT molecular complexity index is 510. The number of benzene rings is 1. The normalized spacial score (nSPS) is 10.0. The van der Waals surface area contributed by atoms with E-state index in [1.807, 2.05) is 0 Å². The number of carbonyl (C=O) groups excluding carboxylic acids is 2. The molecule has 0 aliphatic carbocycles. The quantitative estimate of drug-likeness (QED) is 0.261. The maximum Gasteiger partial charge on any atom is 0.353 e. The Morgan fingerprint density at radius 3 is 1.81 bits per heavy atom. The van der Waals surface area contributed by atoms with Crippen LogP contribution >= 0.6 is 25.3 Å². The summed E-state index contributed by atoms with van der Waals surface area (Å²) in [5, 5.41) is 11.1. The van der Waals surface area contributed by atoms with Gasteiger partial charge in [-0.2, -0.15) is 25.3 Å².